The van der Waals surface area contributed by atoms with Gasteiger partial charge < -0.3 is 5.32 Å². The van der Waals surface area contributed by atoms with Gasteiger partial charge in [-0.25, -0.2) is 0 Å². The fraction of sp³-hybridized carbons (Fsp3) is 1.00. The Hall–Kier alpha value is 0.390. The van der Waals surface area contributed by atoms with Gasteiger partial charge in [-0.05, 0) is 18.2 Å². The third-order valence-corrected chi connectivity index (χ3v) is 2.62. The van der Waals surface area contributed by atoms with Crippen molar-refractivity contribution in [2.24, 2.45) is 0 Å². The van der Waals surface area contributed by atoms with E-state index in [4.69, 9.17) is 11.6 Å². The van der Waals surface area contributed by atoms with Crippen molar-refractivity contribution in [1.82, 2.24) is 5.32 Å². The highest BCUT2D eigenvalue weighted by molar-refractivity contribution is 8.00. The summed E-state index contributed by atoms with van der Waals surface area (Å²) in [6.45, 7) is 2.94. The molecule has 0 aliphatic rings. The van der Waals surface area contributed by atoms with Gasteiger partial charge in [0.1, 0.15) is 0 Å². The second-order valence-corrected chi connectivity index (χ2v) is 4.66. The van der Waals surface area contributed by atoms with Gasteiger partial charge >= 0.3 is 5.51 Å². The minimum Gasteiger partial charge on any atom is -0.314 e. The number of hydrogen-bond donors (Lipinski definition) is 1. The van der Waals surface area contributed by atoms with Crippen molar-refractivity contribution in [3.63, 3.8) is 0 Å². The largest absolute Gasteiger partial charge is 0.441 e. The molecule has 0 aromatic rings. The quantitative estimate of drug-likeness (QED) is 0.549. The predicted molar refractivity (Wildman–Crippen MR) is 55.9 cm³/mol. The lowest BCUT2D eigenvalue weighted by Crippen LogP contribution is -2.26. The molecule has 0 aromatic carbocycles. The fourth-order valence-electron chi connectivity index (χ4n) is 0.913. The number of halogens is 4. The molecule has 0 rings (SSSR count). The topological polar surface area (TPSA) is 12.0 Å². The van der Waals surface area contributed by atoms with Crippen LogP contribution in [0.2, 0.25) is 0 Å². The van der Waals surface area contributed by atoms with Crippen LogP contribution in [0.5, 0.6) is 0 Å². The zero-order valence-corrected chi connectivity index (χ0v) is 9.61. The average molecular weight is 250 g/mol. The first-order chi connectivity index (χ1) is 6.45. The Balaban J connectivity index is 3.21. The highest BCUT2D eigenvalue weighted by Gasteiger charge is 2.27. The molecule has 1 atom stereocenters. The van der Waals surface area contributed by atoms with Crippen molar-refractivity contribution in [3.05, 3.63) is 0 Å². The van der Waals surface area contributed by atoms with Crippen LogP contribution in [0.1, 0.15) is 19.8 Å². The summed E-state index contributed by atoms with van der Waals surface area (Å²) >= 11 is 5.85. The summed E-state index contributed by atoms with van der Waals surface area (Å²) in [6.07, 6.45) is 1.88. The Bertz CT molecular complexity index is 143. The van der Waals surface area contributed by atoms with Gasteiger partial charge in [-0.1, -0.05) is 13.3 Å². The Kier molecular flexibility index (Phi) is 7.86. The molecule has 0 bridgehead atoms. The molecule has 0 aliphatic carbocycles. The summed E-state index contributed by atoms with van der Waals surface area (Å²) in [4.78, 5) is 0. The number of hydrogen-bond acceptors (Lipinski definition) is 2. The summed E-state index contributed by atoms with van der Waals surface area (Å²) in [5.41, 5.74) is -4.12. The Morgan fingerprint density at radius 1 is 1.43 bits per heavy atom. The highest BCUT2D eigenvalue weighted by atomic mass is 35.5. The Labute approximate surface area is 91.8 Å². The first-order valence-electron chi connectivity index (χ1n) is 4.51. The van der Waals surface area contributed by atoms with Crippen molar-refractivity contribution in [2.75, 3.05) is 18.8 Å². The van der Waals surface area contributed by atoms with Crippen LogP contribution in [0.25, 0.3) is 0 Å². The maximum absolute atomic E-state index is 11.7. The normalized spacial score (nSPS) is 14.4. The van der Waals surface area contributed by atoms with E-state index in [-0.39, 0.29) is 22.9 Å². The lowest BCUT2D eigenvalue weighted by Gasteiger charge is -2.10. The zero-order chi connectivity index (χ0) is 11.0. The molecule has 1 N–H and O–H groups in total. The van der Waals surface area contributed by atoms with Crippen LogP contribution >= 0.6 is 23.4 Å². The van der Waals surface area contributed by atoms with E-state index in [0.29, 0.717) is 13.1 Å². The van der Waals surface area contributed by atoms with E-state index in [1.807, 2.05) is 6.92 Å². The van der Waals surface area contributed by atoms with Gasteiger partial charge in [0.15, 0.2) is 0 Å². The Morgan fingerprint density at radius 3 is 2.57 bits per heavy atom. The molecule has 6 heteroatoms. The molecular formula is C8H15ClF3NS. The summed E-state index contributed by atoms with van der Waals surface area (Å²) in [7, 11) is 0. The third-order valence-electron chi connectivity index (χ3n) is 1.51. The second-order valence-electron chi connectivity index (χ2n) is 2.88. The molecule has 0 heterocycles. The highest BCUT2D eigenvalue weighted by Crippen LogP contribution is 2.29. The molecule has 0 radical (unpaired) electrons. The van der Waals surface area contributed by atoms with Crippen molar-refractivity contribution < 1.29 is 13.2 Å². The number of thioether (sulfide) groups is 1. The third kappa shape index (κ3) is 10.5. The molecule has 0 saturated heterocycles. The number of alkyl halides is 4. The van der Waals surface area contributed by atoms with E-state index >= 15 is 0 Å². The average Bonchev–Trinajstić information content (AvgIpc) is 2.02. The van der Waals surface area contributed by atoms with Crippen molar-refractivity contribution in [2.45, 2.75) is 30.7 Å². The molecule has 0 aromatic heterocycles. The van der Waals surface area contributed by atoms with Crippen molar-refractivity contribution >= 4 is 23.4 Å². The van der Waals surface area contributed by atoms with E-state index in [0.717, 1.165) is 12.8 Å². The molecule has 86 valence electrons. The van der Waals surface area contributed by atoms with E-state index in [2.05, 4.69) is 5.32 Å². The lowest BCUT2D eigenvalue weighted by atomic mass is 10.2. The Morgan fingerprint density at radius 2 is 2.07 bits per heavy atom. The SMILES string of the molecule is CCCC(Cl)CNCCSC(F)(F)F. The minimum absolute atomic E-state index is 0.00699. The van der Waals surface area contributed by atoms with E-state index < -0.39 is 5.51 Å². The number of nitrogens with one attached hydrogen (secondary N) is 1. The summed E-state index contributed by atoms with van der Waals surface area (Å²) in [5.74, 6) is 0.0409. The predicted octanol–water partition coefficient (Wildman–Crippen LogP) is 3.24. The van der Waals surface area contributed by atoms with Crippen LogP contribution in [0.4, 0.5) is 13.2 Å². The van der Waals surface area contributed by atoms with E-state index in [1.54, 1.807) is 0 Å². The van der Waals surface area contributed by atoms with E-state index in [9.17, 15) is 13.2 Å². The van der Waals surface area contributed by atoms with Gasteiger partial charge in [0, 0.05) is 24.2 Å². The van der Waals surface area contributed by atoms with Gasteiger partial charge in [0.05, 0.1) is 0 Å². The first-order valence-corrected chi connectivity index (χ1v) is 5.93. The smallest absolute Gasteiger partial charge is 0.314 e. The summed E-state index contributed by atoms with van der Waals surface area (Å²) < 4.78 is 35.0. The minimum atomic E-state index is -4.12. The van der Waals surface area contributed by atoms with Crippen molar-refractivity contribution in [3.8, 4) is 0 Å². The monoisotopic (exact) mass is 249 g/mol. The van der Waals surface area contributed by atoms with Crippen LogP contribution in [0.15, 0.2) is 0 Å². The van der Waals surface area contributed by atoms with Gasteiger partial charge in [-0.15, -0.1) is 11.6 Å². The summed E-state index contributed by atoms with van der Waals surface area (Å²) in [5, 5.41) is 2.91. The standard InChI is InChI=1S/C8H15ClF3NS/c1-2-3-7(9)6-13-4-5-14-8(10,11)12/h7,13H,2-6H2,1H3. The van der Waals surface area contributed by atoms with Crippen LogP contribution < -0.4 is 5.32 Å². The molecule has 1 unspecified atom stereocenters. The van der Waals surface area contributed by atoms with Crippen LogP contribution in [-0.2, 0) is 0 Å². The second kappa shape index (κ2) is 7.65. The molecular weight excluding hydrogens is 235 g/mol. The maximum atomic E-state index is 11.7. The molecule has 0 saturated carbocycles. The first kappa shape index (κ1) is 14.4. The molecule has 0 fully saturated rings. The van der Waals surface area contributed by atoms with Gasteiger partial charge in [-0.3, -0.25) is 0 Å². The maximum Gasteiger partial charge on any atom is 0.441 e. The zero-order valence-electron chi connectivity index (χ0n) is 8.03. The lowest BCUT2D eigenvalue weighted by molar-refractivity contribution is -0.0327. The van der Waals surface area contributed by atoms with Crippen LogP contribution in [0.3, 0.4) is 0 Å². The summed E-state index contributed by atoms with van der Waals surface area (Å²) in [6, 6.07) is 0. The molecule has 1 nitrogen and oxygen atoms in total. The molecule has 0 spiro atoms. The van der Waals surface area contributed by atoms with Gasteiger partial charge in [0.25, 0.3) is 0 Å². The van der Waals surface area contributed by atoms with E-state index in [1.165, 1.54) is 0 Å². The van der Waals surface area contributed by atoms with Crippen LogP contribution in [0, 0.1) is 0 Å². The van der Waals surface area contributed by atoms with Gasteiger partial charge in [-0.2, -0.15) is 13.2 Å². The van der Waals surface area contributed by atoms with Crippen molar-refractivity contribution in [1.29, 1.82) is 0 Å². The van der Waals surface area contributed by atoms with Crippen LogP contribution in [-0.4, -0.2) is 29.7 Å². The number of rotatable bonds is 7. The fourth-order valence-corrected chi connectivity index (χ4v) is 1.72. The molecule has 0 aliphatic heterocycles. The van der Waals surface area contributed by atoms with Gasteiger partial charge in [0.2, 0.25) is 0 Å². The molecule has 14 heavy (non-hydrogen) atoms. The molecule has 0 amide bonds.